The summed E-state index contributed by atoms with van der Waals surface area (Å²) in [5.41, 5.74) is 6.99. The lowest BCUT2D eigenvalue weighted by Gasteiger charge is -2.16. The zero-order valence-electron chi connectivity index (χ0n) is 5.27. The average molecular weight is 131 g/mol. The molecule has 0 aromatic rings. The molecule has 0 saturated carbocycles. The molecule has 0 heterocycles. The van der Waals surface area contributed by atoms with Crippen molar-refractivity contribution >= 4 is 17.3 Å². The van der Waals surface area contributed by atoms with Crippen molar-refractivity contribution in [2.45, 2.75) is 13.8 Å². The van der Waals surface area contributed by atoms with Crippen LogP contribution in [0.1, 0.15) is 13.8 Å². The monoisotopic (exact) mass is 131 g/mol. The van der Waals surface area contributed by atoms with Gasteiger partial charge < -0.3 is 4.90 Å². The SMILES string of the molecule is CCN(CC)C([NH])=S. The van der Waals surface area contributed by atoms with Crippen molar-refractivity contribution in [3.8, 4) is 0 Å². The molecule has 8 heavy (non-hydrogen) atoms. The first-order chi connectivity index (χ1) is 3.72. The standard InChI is InChI=1S/C5H11N2S/c1-3-7(4-2)5(6)8/h6H,3-4H2,1-2H3. The second-order valence-corrected chi connectivity index (χ2v) is 1.86. The summed E-state index contributed by atoms with van der Waals surface area (Å²) in [7, 11) is 0. The van der Waals surface area contributed by atoms with Crippen LogP contribution in [0.5, 0.6) is 0 Å². The van der Waals surface area contributed by atoms with E-state index in [1.54, 1.807) is 0 Å². The van der Waals surface area contributed by atoms with Gasteiger partial charge in [0.25, 0.3) is 0 Å². The zero-order valence-corrected chi connectivity index (χ0v) is 6.09. The van der Waals surface area contributed by atoms with Crippen LogP contribution in [-0.4, -0.2) is 23.1 Å². The first-order valence-corrected chi connectivity index (χ1v) is 3.13. The Kier molecular flexibility index (Phi) is 3.52. The van der Waals surface area contributed by atoms with Gasteiger partial charge in [-0.3, -0.25) is 5.73 Å². The van der Waals surface area contributed by atoms with E-state index in [1.807, 2.05) is 18.7 Å². The highest BCUT2D eigenvalue weighted by atomic mass is 32.1. The zero-order chi connectivity index (χ0) is 6.57. The molecule has 0 saturated heterocycles. The molecule has 1 N–H and O–H groups in total. The summed E-state index contributed by atoms with van der Waals surface area (Å²) in [6.07, 6.45) is 0. The molecule has 0 rings (SSSR count). The molecule has 0 spiro atoms. The Morgan fingerprint density at radius 1 is 1.50 bits per heavy atom. The van der Waals surface area contributed by atoms with Gasteiger partial charge in [-0.25, -0.2) is 0 Å². The third kappa shape index (κ3) is 2.12. The fourth-order valence-corrected chi connectivity index (χ4v) is 0.769. The molecule has 0 aliphatic rings. The van der Waals surface area contributed by atoms with Crippen molar-refractivity contribution in [2.75, 3.05) is 13.1 Å². The van der Waals surface area contributed by atoms with Crippen LogP contribution >= 0.6 is 12.2 Å². The Balaban J connectivity index is 3.52. The smallest absolute Gasteiger partial charge is 0.187 e. The Bertz CT molecular complexity index is 78.5. The third-order valence-electron chi connectivity index (χ3n) is 1.05. The summed E-state index contributed by atoms with van der Waals surface area (Å²) in [6.45, 7) is 5.67. The number of hydrogen-bond donors (Lipinski definition) is 0. The maximum atomic E-state index is 6.99. The van der Waals surface area contributed by atoms with Gasteiger partial charge >= 0.3 is 0 Å². The molecule has 0 aromatic heterocycles. The molecule has 0 aromatic carbocycles. The first kappa shape index (κ1) is 7.69. The molecule has 2 nitrogen and oxygen atoms in total. The molecule has 0 bridgehead atoms. The van der Waals surface area contributed by atoms with Crippen molar-refractivity contribution < 1.29 is 0 Å². The van der Waals surface area contributed by atoms with Crippen LogP contribution in [0.2, 0.25) is 0 Å². The maximum absolute atomic E-state index is 6.99. The van der Waals surface area contributed by atoms with Crippen LogP contribution in [-0.2, 0) is 0 Å². The molecule has 1 radical (unpaired) electrons. The lowest BCUT2D eigenvalue weighted by atomic mass is 10.6. The van der Waals surface area contributed by atoms with Gasteiger partial charge in [-0.15, -0.1) is 0 Å². The second-order valence-electron chi connectivity index (χ2n) is 1.48. The molecule has 0 atom stereocenters. The van der Waals surface area contributed by atoms with E-state index in [2.05, 4.69) is 12.2 Å². The Labute approximate surface area is 55.7 Å². The van der Waals surface area contributed by atoms with Crippen LogP contribution in [0.4, 0.5) is 0 Å². The number of nitrogens with zero attached hydrogens (tertiary/aromatic N) is 1. The van der Waals surface area contributed by atoms with E-state index in [-0.39, 0.29) is 5.11 Å². The number of hydrogen-bond acceptors (Lipinski definition) is 1. The molecular weight excluding hydrogens is 120 g/mol. The quantitative estimate of drug-likeness (QED) is 0.520. The predicted octanol–water partition coefficient (Wildman–Crippen LogP) is 0.896. The van der Waals surface area contributed by atoms with Crippen molar-refractivity contribution in [3.63, 3.8) is 0 Å². The number of nitrogens with one attached hydrogen (secondary N) is 1. The van der Waals surface area contributed by atoms with E-state index in [1.165, 1.54) is 0 Å². The first-order valence-electron chi connectivity index (χ1n) is 2.72. The van der Waals surface area contributed by atoms with Crippen LogP contribution < -0.4 is 5.73 Å². The van der Waals surface area contributed by atoms with Crippen molar-refractivity contribution in [2.24, 2.45) is 0 Å². The average Bonchev–Trinajstić information content (AvgIpc) is 1.69. The Morgan fingerprint density at radius 3 is 1.88 bits per heavy atom. The third-order valence-corrected chi connectivity index (χ3v) is 1.31. The molecule has 0 amide bonds. The van der Waals surface area contributed by atoms with Gasteiger partial charge in [0, 0.05) is 13.1 Å². The van der Waals surface area contributed by atoms with Crippen molar-refractivity contribution in [1.29, 1.82) is 0 Å². The van der Waals surface area contributed by atoms with Crippen LogP contribution in [0.25, 0.3) is 0 Å². The largest absolute Gasteiger partial charge is 0.348 e. The summed E-state index contributed by atoms with van der Waals surface area (Å²) in [4.78, 5) is 1.81. The van der Waals surface area contributed by atoms with Crippen LogP contribution in [0.15, 0.2) is 0 Å². The minimum Gasteiger partial charge on any atom is -0.348 e. The highest BCUT2D eigenvalue weighted by Gasteiger charge is 1.97. The highest BCUT2D eigenvalue weighted by Crippen LogP contribution is 1.85. The lowest BCUT2D eigenvalue weighted by molar-refractivity contribution is 0.468. The lowest BCUT2D eigenvalue weighted by Crippen LogP contribution is -2.29. The molecule has 3 heteroatoms. The molecule has 47 valence electrons. The topological polar surface area (TPSA) is 27.0 Å². The van der Waals surface area contributed by atoms with Gasteiger partial charge in [0.2, 0.25) is 0 Å². The van der Waals surface area contributed by atoms with Crippen molar-refractivity contribution in [3.05, 3.63) is 0 Å². The molecule has 0 unspecified atom stereocenters. The minimum atomic E-state index is 0.245. The normalized spacial score (nSPS) is 8.75. The summed E-state index contributed by atoms with van der Waals surface area (Å²) < 4.78 is 0. The van der Waals surface area contributed by atoms with Crippen LogP contribution in [0, 0.1) is 0 Å². The molecule has 0 fully saturated rings. The van der Waals surface area contributed by atoms with Gasteiger partial charge in [0.05, 0.1) is 0 Å². The number of rotatable bonds is 2. The molecule has 0 aliphatic carbocycles. The highest BCUT2D eigenvalue weighted by molar-refractivity contribution is 7.80. The summed E-state index contributed by atoms with van der Waals surface area (Å²) in [6, 6.07) is 0. The van der Waals surface area contributed by atoms with Gasteiger partial charge in [-0.05, 0) is 26.1 Å². The Morgan fingerprint density at radius 2 is 1.88 bits per heavy atom. The van der Waals surface area contributed by atoms with Crippen molar-refractivity contribution in [1.82, 2.24) is 10.6 Å². The predicted molar refractivity (Wildman–Crippen MR) is 38.6 cm³/mol. The summed E-state index contributed by atoms with van der Waals surface area (Å²) in [5.74, 6) is 0. The van der Waals surface area contributed by atoms with E-state index in [4.69, 9.17) is 5.73 Å². The minimum absolute atomic E-state index is 0.245. The van der Waals surface area contributed by atoms with Gasteiger partial charge in [-0.2, -0.15) is 0 Å². The molecule has 0 aliphatic heterocycles. The maximum Gasteiger partial charge on any atom is 0.187 e. The second kappa shape index (κ2) is 3.66. The van der Waals surface area contributed by atoms with Gasteiger partial charge in [0.15, 0.2) is 5.11 Å². The number of thiocarbonyl (C=S) groups is 1. The van der Waals surface area contributed by atoms with E-state index in [0.29, 0.717) is 0 Å². The van der Waals surface area contributed by atoms with E-state index in [9.17, 15) is 0 Å². The van der Waals surface area contributed by atoms with Crippen LogP contribution in [0.3, 0.4) is 0 Å². The fraction of sp³-hybridized carbons (Fsp3) is 0.800. The van der Waals surface area contributed by atoms with E-state index in [0.717, 1.165) is 13.1 Å². The van der Waals surface area contributed by atoms with Gasteiger partial charge in [0.1, 0.15) is 0 Å². The van der Waals surface area contributed by atoms with Gasteiger partial charge in [-0.1, -0.05) is 0 Å². The summed E-state index contributed by atoms with van der Waals surface area (Å²) >= 11 is 4.61. The van der Waals surface area contributed by atoms with E-state index < -0.39 is 0 Å². The molecular formula is C5H11N2S. The fourth-order valence-electron chi connectivity index (χ4n) is 0.511. The summed E-state index contributed by atoms with van der Waals surface area (Å²) in [5, 5.41) is 0.245. The van der Waals surface area contributed by atoms with E-state index >= 15 is 0 Å². The Hall–Kier alpha value is -0.310.